The molecule has 2 aliphatic carbocycles. The second kappa shape index (κ2) is 4.86. The molecule has 2 unspecified atom stereocenters. The average Bonchev–Trinajstić information content (AvgIpc) is 3.18. The van der Waals surface area contributed by atoms with Gasteiger partial charge in [-0.15, -0.1) is 0 Å². The standard InChI is InChI=1S/C16H21F2N/c17-14-4-1-5-15(18)13(14)10-16(19)8-2-3-12(9-16)11-6-7-11/h1,4-5,11-12H,2-3,6-10,19H2. The van der Waals surface area contributed by atoms with Crippen molar-refractivity contribution in [2.75, 3.05) is 0 Å². The fourth-order valence-electron chi connectivity index (χ4n) is 3.63. The summed E-state index contributed by atoms with van der Waals surface area (Å²) in [6, 6.07) is 4.05. The second-order valence-corrected chi connectivity index (χ2v) is 6.43. The molecule has 1 nitrogen and oxygen atoms in total. The molecule has 0 aromatic heterocycles. The molecule has 0 spiro atoms. The quantitative estimate of drug-likeness (QED) is 0.883. The van der Waals surface area contributed by atoms with Crippen LogP contribution in [0, 0.1) is 23.5 Å². The lowest BCUT2D eigenvalue weighted by atomic mass is 9.71. The Hall–Kier alpha value is -0.960. The first-order valence-corrected chi connectivity index (χ1v) is 7.29. The van der Waals surface area contributed by atoms with Crippen LogP contribution in [0.25, 0.3) is 0 Å². The first-order chi connectivity index (χ1) is 9.07. The number of halogens is 2. The minimum Gasteiger partial charge on any atom is -0.325 e. The van der Waals surface area contributed by atoms with Crippen molar-refractivity contribution in [1.29, 1.82) is 0 Å². The van der Waals surface area contributed by atoms with Gasteiger partial charge in [0.2, 0.25) is 0 Å². The fraction of sp³-hybridized carbons (Fsp3) is 0.625. The van der Waals surface area contributed by atoms with Gasteiger partial charge in [0.25, 0.3) is 0 Å². The summed E-state index contributed by atoms with van der Waals surface area (Å²) in [4.78, 5) is 0. The van der Waals surface area contributed by atoms with Crippen molar-refractivity contribution in [3.05, 3.63) is 35.4 Å². The molecule has 0 radical (unpaired) electrons. The molecular formula is C16H21F2N. The van der Waals surface area contributed by atoms with Crippen LogP contribution >= 0.6 is 0 Å². The molecule has 3 heteroatoms. The Kier molecular flexibility index (Phi) is 3.34. The van der Waals surface area contributed by atoms with Crippen LogP contribution in [0.5, 0.6) is 0 Å². The van der Waals surface area contributed by atoms with Crippen molar-refractivity contribution in [3.8, 4) is 0 Å². The van der Waals surface area contributed by atoms with Crippen molar-refractivity contribution in [2.24, 2.45) is 17.6 Å². The second-order valence-electron chi connectivity index (χ2n) is 6.43. The lowest BCUT2D eigenvalue weighted by Crippen LogP contribution is -2.47. The van der Waals surface area contributed by atoms with Crippen LogP contribution in [0.15, 0.2) is 18.2 Å². The average molecular weight is 265 g/mol. The molecule has 104 valence electrons. The number of hydrogen-bond donors (Lipinski definition) is 1. The molecule has 2 fully saturated rings. The van der Waals surface area contributed by atoms with Crippen molar-refractivity contribution in [3.63, 3.8) is 0 Å². The monoisotopic (exact) mass is 265 g/mol. The van der Waals surface area contributed by atoms with E-state index in [1.807, 2.05) is 0 Å². The van der Waals surface area contributed by atoms with Gasteiger partial charge < -0.3 is 5.73 Å². The van der Waals surface area contributed by atoms with E-state index in [9.17, 15) is 8.78 Å². The third-order valence-corrected chi connectivity index (χ3v) is 4.80. The highest BCUT2D eigenvalue weighted by Crippen LogP contribution is 2.46. The number of nitrogens with two attached hydrogens (primary N) is 1. The SMILES string of the molecule is NC1(Cc2c(F)cccc2F)CCCC(C2CC2)C1. The minimum atomic E-state index is -0.460. The normalized spacial score (nSPS) is 31.4. The Balaban J connectivity index is 1.77. The molecule has 1 aromatic carbocycles. The van der Waals surface area contributed by atoms with Gasteiger partial charge in [-0.1, -0.05) is 18.9 Å². The predicted molar refractivity (Wildman–Crippen MR) is 71.7 cm³/mol. The number of rotatable bonds is 3. The molecule has 0 aliphatic heterocycles. The molecule has 2 N–H and O–H groups in total. The Labute approximate surface area is 113 Å². The molecule has 0 amide bonds. The maximum Gasteiger partial charge on any atom is 0.129 e. The molecule has 2 aliphatic rings. The highest BCUT2D eigenvalue weighted by Gasteiger charge is 2.40. The van der Waals surface area contributed by atoms with Crippen molar-refractivity contribution >= 4 is 0 Å². The van der Waals surface area contributed by atoms with E-state index in [1.54, 1.807) is 0 Å². The molecular weight excluding hydrogens is 244 g/mol. The molecule has 2 atom stereocenters. The molecule has 0 saturated heterocycles. The van der Waals surface area contributed by atoms with Gasteiger partial charge in [-0.2, -0.15) is 0 Å². The lowest BCUT2D eigenvalue weighted by Gasteiger charge is -2.38. The van der Waals surface area contributed by atoms with Gasteiger partial charge in [0.1, 0.15) is 11.6 Å². The zero-order chi connectivity index (χ0) is 13.5. The van der Waals surface area contributed by atoms with Gasteiger partial charge in [0, 0.05) is 11.1 Å². The largest absolute Gasteiger partial charge is 0.325 e. The summed E-state index contributed by atoms with van der Waals surface area (Å²) in [7, 11) is 0. The van der Waals surface area contributed by atoms with Crippen molar-refractivity contribution in [1.82, 2.24) is 0 Å². The first kappa shape index (κ1) is 13.0. The van der Waals surface area contributed by atoms with Crippen LogP contribution in [0.2, 0.25) is 0 Å². The third-order valence-electron chi connectivity index (χ3n) is 4.80. The van der Waals surface area contributed by atoms with E-state index in [1.165, 1.54) is 37.5 Å². The summed E-state index contributed by atoms with van der Waals surface area (Å²) in [5.74, 6) is 0.582. The van der Waals surface area contributed by atoms with Crippen LogP contribution < -0.4 is 5.73 Å². The molecule has 19 heavy (non-hydrogen) atoms. The molecule has 3 rings (SSSR count). The van der Waals surface area contributed by atoms with Crippen molar-refractivity contribution < 1.29 is 8.78 Å². The zero-order valence-electron chi connectivity index (χ0n) is 11.2. The van der Waals surface area contributed by atoms with Crippen LogP contribution in [-0.2, 0) is 6.42 Å². The fourth-order valence-corrected chi connectivity index (χ4v) is 3.63. The van der Waals surface area contributed by atoms with Crippen LogP contribution in [-0.4, -0.2) is 5.54 Å². The molecule has 1 aromatic rings. The molecule has 0 heterocycles. The highest BCUT2D eigenvalue weighted by molar-refractivity contribution is 5.22. The predicted octanol–water partition coefficient (Wildman–Crippen LogP) is 3.81. The van der Waals surface area contributed by atoms with Crippen LogP contribution in [0.4, 0.5) is 8.78 Å². The lowest BCUT2D eigenvalue weighted by molar-refractivity contribution is 0.202. The summed E-state index contributed by atoms with van der Waals surface area (Å²) in [6.07, 6.45) is 7.09. The maximum atomic E-state index is 13.7. The Morgan fingerprint density at radius 1 is 1.11 bits per heavy atom. The first-order valence-electron chi connectivity index (χ1n) is 7.29. The molecule has 2 saturated carbocycles. The Morgan fingerprint density at radius 3 is 2.42 bits per heavy atom. The highest BCUT2D eigenvalue weighted by atomic mass is 19.1. The summed E-state index contributed by atoms with van der Waals surface area (Å²) < 4.78 is 27.5. The van der Waals surface area contributed by atoms with Crippen LogP contribution in [0.1, 0.15) is 44.1 Å². The van der Waals surface area contributed by atoms with E-state index < -0.39 is 17.2 Å². The molecule has 0 bridgehead atoms. The Morgan fingerprint density at radius 2 is 1.79 bits per heavy atom. The van der Waals surface area contributed by atoms with Gasteiger partial charge in [-0.3, -0.25) is 0 Å². The van der Waals surface area contributed by atoms with E-state index in [4.69, 9.17) is 5.73 Å². The van der Waals surface area contributed by atoms with Gasteiger partial charge in [0.05, 0.1) is 0 Å². The number of benzene rings is 1. The summed E-state index contributed by atoms with van der Waals surface area (Å²) in [6.45, 7) is 0. The summed E-state index contributed by atoms with van der Waals surface area (Å²) >= 11 is 0. The van der Waals surface area contributed by atoms with Crippen LogP contribution in [0.3, 0.4) is 0 Å². The summed E-state index contributed by atoms with van der Waals surface area (Å²) in [5, 5.41) is 0. The van der Waals surface area contributed by atoms with E-state index >= 15 is 0 Å². The summed E-state index contributed by atoms with van der Waals surface area (Å²) in [5.41, 5.74) is 6.20. The Bertz CT molecular complexity index is 450. The van der Waals surface area contributed by atoms with E-state index in [2.05, 4.69) is 0 Å². The van der Waals surface area contributed by atoms with Gasteiger partial charge in [-0.05, 0) is 56.1 Å². The van der Waals surface area contributed by atoms with E-state index in [0.717, 1.165) is 25.2 Å². The maximum absolute atomic E-state index is 13.7. The number of hydrogen-bond acceptors (Lipinski definition) is 1. The van der Waals surface area contributed by atoms with Crippen molar-refractivity contribution in [2.45, 2.75) is 50.5 Å². The minimum absolute atomic E-state index is 0.168. The topological polar surface area (TPSA) is 26.0 Å². The van der Waals surface area contributed by atoms with Gasteiger partial charge >= 0.3 is 0 Å². The van der Waals surface area contributed by atoms with E-state index in [-0.39, 0.29) is 5.56 Å². The smallest absolute Gasteiger partial charge is 0.129 e. The van der Waals surface area contributed by atoms with Gasteiger partial charge in [-0.25, -0.2) is 8.78 Å². The third kappa shape index (κ3) is 2.81. The zero-order valence-corrected chi connectivity index (χ0v) is 11.2. The van der Waals surface area contributed by atoms with Gasteiger partial charge in [0.15, 0.2) is 0 Å². The van der Waals surface area contributed by atoms with E-state index in [0.29, 0.717) is 12.3 Å².